The molecule has 2 heterocycles. The van der Waals surface area contributed by atoms with Crippen molar-refractivity contribution in [3.05, 3.63) is 114 Å². The van der Waals surface area contributed by atoms with E-state index < -0.39 is 19.4 Å². The van der Waals surface area contributed by atoms with Crippen LogP contribution in [0, 0.1) is 5.92 Å². The number of fused-ring (bicyclic) bond motifs is 1. The van der Waals surface area contributed by atoms with Crippen LogP contribution in [0.3, 0.4) is 0 Å². The van der Waals surface area contributed by atoms with Crippen molar-refractivity contribution in [1.82, 2.24) is 19.9 Å². The van der Waals surface area contributed by atoms with Crippen LogP contribution < -0.4 is 9.84 Å². The molecule has 0 spiro atoms. The third-order valence-electron chi connectivity index (χ3n) is 6.74. The summed E-state index contributed by atoms with van der Waals surface area (Å²) in [4.78, 5) is 30.9. The number of carbonyl (C=O) groups excluding carboxylic acids is 2. The maximum absolute atomic E-state index is 14.9. The van der Waals surface area contributed by atoms with E-state index >= 15 is 0 Å². The van der Waals surface area contributed by atoms with Crippen molar-refractivity contribution in [2.24, 2.45) is 5.92 Å². The molecule has 2 aromatic heterocycles. The van der Waals surface area contributed by atoms with E-state index in [0.29, 0.717) is 22.5 Å². The number of aromatic nitrogens is 3. The van der Waals surface area contributed by atoms with Crippen molar-refractivity contribution in [1.29, 1.82) is 0 Å². The van der Waals surface area contributed by atoms with Gasteiger partial charge in [-0.3, -0.25) is 19.1 Å². The van der Waals surface area contributed by atoms with Crippen LogP contribution in [0.5, 0.6) is 5.75 Å². The van der Waals surface area contributed by atoms with Crippen molar-refractivity contribution in [3.8, 4) is 5.75 Å². The molecule has 0 fully saturated rings. The van der Waals surface area contributed by atoms with Crippen LogP contribution in [0.1, 0.15) is 28.7 Å². The highest BCUT2D eigenvalue weighted by molar-refractivity contribution is 7.99. The molecule has 0 aliphatic rings. The molecule has 1 amide bonds. The minimum atomic E-state index is -3.89. The molecule has 224 valence electrons. The fraction of sp³-hybridized carbons (Fsp3) is 0.152. The zero-order chi connectivity index (χ0) is 31.1. The zero-order valence-corrected chi connectivity index (χ0v) is 26.1. The van der Waals surface area contributed by atoms with Gasteiger partial charge in [-0.25, -0.2) is 0 Å². The quantitative estimate of drug-likeness (QED) is 0.123. The third kappa shape index (κ3) is 6.93. The van der Waals surface area contributed by atoms with Gasteiger partial charge in [0.05, 0.1) is 41.7 Å². The van der Waals surface area contributed by atoms with Gasteiger partial charge in [-0.15, -0.1) is 0 Å². The molecule has 0 aliphatic carbocycles. The predicted molar refractivity (Wildman–Crippen MR) is 173 cm³/mol. The molecule has 44 heavy (non-hydrogen) atoms. The SMILES string of the molecule is CNC(=O)c1ccccc1Sc1ccc2c(/C=C/c3ccccn3)nn(P(=O)(C[C@@H](C)C(=O)OC)Oc3ccccc3)c2c1. The number of rotatable bonds is 11. The van der Waals surface area contributed by atoms with E-state index in [-0.39, 0.29) is 12.1 Å². The second kappa shape index (κ2) is 13.8. The fourth-order valence-electron chi connectivity index (χ4n) is 4.59. The minimum absolute atomic E-state index is 0.147. The average molecular weight is 627 g/mol. The first-order valence-electron chi connectivity index (χ1n) is 13.8. The van der Waals surface area contributed by atoms with Crippen LogP contribution >= 0.6 is 19.3 Å². The second-order valence-electron chi connectivity index (χ2n) is 9.87. The van der Waals surface area contributed by atoms with Gasteiger partial charge in [-0.05, 0) is 66.7 Å². The van der Waals surface area contributed by atoms with Crippen LogP contribution in [0.4, 0.5) is 0 Å². The second-order valence-corrected chi connectivity index (χ2v) is 13.2. The lowest BCUT2D eigenvalue weighted by Crippen LogP contribution is -2.21. The molecule has 9 nitrogen and oxygen atoms in total. The van der Waals surface area contributed by atoms with E-state index in [0.717, 1.165) is 20.9 Å². The Morgan fingerprint density at radius 2 is 1.75 bits per heavy atom. The Bertz CT molecular complexity index is 1860. The highest BCUT2D eigenvalue weighted by atomic mass is 32.2. The summed E-state index contributed by atoms with van der Waals surface area (Å²) < 4.78 is 27.5. The van der Waals surface area contributed by atoms with Gasteiger partial charge < -0.3 is 14.6 Å². The number of benzene rings is 3. The summed E-state index contributed by atoms with van der Waals surface area (Å²) in [6.07, 6.45) is 5.19. The Balaban J connectivity index is 1.66. The lowest BCUT2D eigenvalue weighted by atomic mass is 10.2. The summed E-state index contributed by atoms with van der Waals surface area (Å²) in [5, 5.41) is 8.21. The molecule has 2 atom stereocenters. The number of nitrogens with zero attached hydrogens (tertiary/aromatic N) is 3. The molecule has 5 rings (SSSR count). The highest BCUT2D eigenvalue weighted by Crippen LogP contribution is 2.52. The van der Waals surface area contributed by atoms with Gasteiger partial charge in [0.1, 0.15) is 5.75 Å². The smallest absolute Gasteiger partial charge is 0.364 e. The molecular weight excluding hydrogens is 595 g/mol. The molecule has 11 heteroatoms. The van der Waals surface area contributed by atoms with Gasteiger partial charge >= 0.3 is 13.5 Å². The summed E-state index contributed by atoms with van der Waals surface area (Å²) in [6, 6.07) is 27.4. The molecule has 5 aromatic rings. The number of methoxy groups -OCH3 is 1. The first-order valence-corrected chi connectivity index (χ1v) is 16.4. The minimum Gasteiger partial charge on any atom is -0.469 e. The molecule has 0 bridgehead atoms. The largest absolute Gasteiger partial charge is 0.469 e. The number of carbonyl (C=O) groups is 2. The van der Waals surface area contributed by atoms with Gasteiger partial charge in [0.25, 0.3) is 5.91 Å². The summed E-state index contributed by atoms with van der Waals surface area (Å²) in [6.45, 7) is 1.65. The first kappa shape index (κ1) is 30.8. The van der Waals surface area contributed by atoms with Crippen molar-refractivity contribution in [2.75, 3.05) is 20.3 Å². The molecule has 0 saturated heterocycles. The van der Waals surface area contributed by atoms with E-state index in [4.69, 9.17) is 14.4 Å². The Hall–Kier alpha value is -4.66. The number of nitrogens with one attached hydrogen (secondary N) is 1. The van der Waals surface area contributed by atoms with Gasteiger partial charge in [0.15, 0.2) is 0 Å². The first-order chi connectivity index (χ1) is 21.3. The van der Waals surface area contributed by atoms with Crippen LogP contribution in [0.15, 0.2) is 107 Å². The third-order valence-corrected chi connectivity index (χ3v) is 10.2. The van der Waals surface area contributed by atoms with E-state index in [1.807, 2.05) is 72.8 Å². The van der Waals surface area contributed by atoms with Gasteiger partial charge in [0, 0.05) is 28.4 Å². The van der Waals surface area contributed by atoms with Crippen LogP contribution in [-0.4, -0.2) is 46.7 Å². The van der Waals surface area contributed by atoms with E-state index in [2.05, 4.69) is 10.3 Å². The number of para-hydroxylation sites is 1. The molecule has 1 unspecified atom stereocenters. The number of ether oxygens (including phenoxy) is 1. The highest BCUT2D eigenvalue weighted by Gasteiger charge is 2.36. The molecule has 0 radical (unpaired) electrons. The Labute approximate surface area is 259 Å². The number of pyridine rings is 1. The lowest BCUT2D eigenvalue weighted by Gasteiger charge is -2.22. The zero-order valence-electron chi connectivity index (χ0n) is 24.4. The Morgan fingerprint density at radius 1 is 1.00 bits per heavy atom. The predicted octanol–water partition coefficient (Wildman–Crippen LogP) is 7.04. The van der Waals surface area contributed by atoms with Crippen molar-refractivity contribution >= 4 is 54.2 Å². The molecule has 0 saturated carbocycles. The maximum atomic E-state index is 14.9. The summed E-state index contributed by atoms with van der Waals surface area (Å²) in [5.41, 5.74) is 2.37. The molecule has 3 aromatic carbocycles. The summed E-state index contributed by atoms with van der Waals surface area (Å²) in [5.74, 6) is -1.06. The van der Waals surface area contributed by atoms with E-state index in [1.165, 1.54) is 23.3 Å². The van der Waals surface area contributed by atoms with Crippen molar-refractivity contribution < 1.29 is 23.4 Å². The number of esters is 1. The molecule has 1 N–H and O–H groups in total. The summed E-state index contributed by atoms with van der Waals surface area (Å²) >= 11 is 1.40. The van der Waals surface area contributed by atoms with Gasteiger partial charge in [0.2, 0.25) is 0 Å². The molecule has 0 aliphatic heterocycles. The maximum Gasteiger partial charge on any atom is 0.364 e. The number of hydrogen-bond donors (Lipinski definition) is 1. The fourth-order valence-corrected chi connectivity index (χ4v) is 7.89. The molecular formula is C33H31N4O5PS. The van der Waals surface area contributed by atoms with Crippen molar-refractivity contribution in [3.63, 3.8) is 0 Å². The Kier molecular flexibility index (Phi) is 9.62. The normalized spacial score (nSPS) is 13.3. The monoisotopic (exact) mass is 626 g/mol. The van der Waals surface area contributed by atoms with Crippen molar-refractivity contribution in [2.45, 2.75) is 16.7 Å². The number of hydrogen-bond acceptors (Lipinski definition) is 8. The lowest BCUT2D eigenvalue weighted by molar-refractivity contribution is -0.144. The van der Waals surface area contributed by atoms with Crippen LogP contribution in [0.2, 0.25) is 0 Å². The van der Waals surface area contributed by atoms with Gasteiger partial charge in [-0.1, -0.05) is 55.1 Å². The topological polar surface area (TPSA) is 112 Å². The van der Waals surface area contributed by atoms with Crippen LogP contribution in [-0.2, 0) is 14.1 Å². The Morgan fingerprint density at radius 3 is 2.48 bits per heavy atom. The standard InChI is InChI=1S/C33H31N4O5PS/c1-23(33(39)41-3)22-43(40,42-25-12-5-4-6-13-25)37-30-21-26(44-31-15-8-7-14-28(31)32(38)34-2)17-18-27(30)29(36-37)19-16-24-11-9-10-20-35-24/h4-21,23H,22H2,1-3H3,(H,34,38)/b19-16+/t23-,43?/m1/s1. The summed E-state index contributed by atoms with van der Waals surface area (Å²) in [7, 11) is -0.999. The van der Waals surface area contributed by atoms with Crippen LogP contribution in [0.25, 0.3) is 23.1 Å². The van der Waals surface area contributed by atoms with E-state index in [1.54, 1.807) is 50.5 Å². The number of amides is 1. The average Bonchev–Trinajstić information content (AvgIpc) is 3.42. The van der Waals surface area contributed by atoms with E-state index in [9.17, 15) is 14.2 Å². The van der Waals surface area contributed by atoms with Gasteiger partial charge in [-0.2, -0.15) is 9.55 Å².